The number of hydrogen-bond donors (Lipinski definition) is 1. The molecule has 1 aromatic heterocycles. The molecule has 0 bridgehead atoms. The van der Waals surface area contributed by atoms with Gasteiger partial charge in [0, 0.05) is 17.3 Å². The molecule has 0 unspecified atom stereocenters. The Morgan fingerprint density at radius 2 is 1.93 bits per heavy atom. The lowest BCUT2D eigenvalue weighted by molar-refractivity contribution is -0.113. The summed E-state index contributed by atoms with van der Waals surface area (Å²) in [7, 11) is 0. The summed E-state index contributed by atoms with van der Waals surface area (Å²) >= 11 is 7.12. The van der Waals surface area contributed by atoms with E-state index in [0.717, 1.165) is 0 Å². The molecule has 0 fully saturated rings. The lowest BCUT2D eigenvalue weighted by Crippen LogP contribution is -2.15. The molecule has 0 saturated heterocycles. The van der Waals surface area contributed by atoms with Gasteiger partial charge in [-0.05, 0) is 48.5 Å². The van der Waals surface area contributed by atoms with Crippen molar-refractivity contribution in [3.63, 3.8) is 0 Å². The third kappa shape index (κ3) is 6.07. The molecule has 0 aliphatic heterocycles. The minimum absolute atomic E-state index is 0.130. The molecule has 0 atom stereocenters. The summed E-state index contributed by atoms with van der Waals surface area (Å²) in [6, 6.07) is 12.6. The first-order valence-corrected chi connectivity index (χ1v) is 10.0. The number of rotatable bonds is 9. The number of benzene rings is 2. The van der Waals surface area contributed by atoms with Crippen LogP contribution in [0.15, 0.2) is 66.3 Å². The summed E-state index contributed by atoms with van der Waals surface area (Å²) in [5.74, 6) is 0.818. The summed E-state index contributed by atoms with van der Waals surface area (Å²) < 4.78 is 20.5. The van der Waals surface area contributed by atoms with Crippen molar-refractivity contribution in [1.82, 2.24) is 14.8 Å². The van der Waals surface area contributed by atoms with E-state index in [0.29, 0.717) is 34.0 Å². The van der Waals surface area contributed by atoms with Crippen molar-refractivity contribution >= 4 is 35.0 Å². The normalized spacial score (nSPS) is 10.6. The molecule has 1 heterocycles. The van der Waals surface area contributed by atoms with Gasteiger partial charge in [0.2, 0.25) is 5.91 Å². The maximum atomic E-state index is 12.9. The van der Waals surface area contributed by atoms with Gasteiger partial charge in [0.25, 0.3) is 0 Å². The SMILES string of the molecule is C=CCn1c(COc2ccc(Cl)cc2)nnc1SCC(=O)Nc1ccc(F)cc1. The van der Waals surface area contributed by atoms with E-state index in [1.54, 1.807) is 30.3 Å². The number of carbonyl (C=O) groups excluding carboxylic acids is 1. The molecule has 2 aromatic carbocycles. The quantitative estimate of drug-likeness (QED) is 0.396. The highest BCUT2D eigenvalue weighted by Crippen LogP contribution is 2.20. The van der Waals surface area contributed by atoms with Crippen LogP contribution in [0.25, 0.3) is 0 Å². The second-order valence-corrected chi connectivity index (χ2v) is 7.26. The van der Waals surface area contributed by atoms with E-state index >= 15 is 0 Å². The number of nitrogens with one attached hydrogen (secondary N) is 1. The van der Waals surface area contributed by atoms with Gasteiger partial charge in [-0.1, -0.05) is 29.4 Å². The number of ether oxygens (including phenoxy) is 1. The predicted octanol–water partition coefficient (Wildman–Crippen LogP) is 4.57. The third-order valence-corrected chi connectivity index (χ3v) is 4.97. The fourth-order valence-corrected chi connectivity index (χ4v) is 3.28. The Bertz CT molecular complexity index is 977. The van der Waals surface area contributed by atoms with Crippen LogP contribution in [0.1, 0.15) is 5.82 Å². The molecule has 0 saturated carbocycles. The molecular formula is C20H18ClFN4O2S. The minimum atomic E-state index is -0.358. The molecule has 150 valence electrons. The Morgan fingerprint density at radius 1 is 1.21 bits per heavy atom. The number of amides is 1. The molecule has 9 heteroatoms. The number of aromatic nitrogens is 3. The summed E-state index contributed by atoms with van der Waals surface area (Å²) in [6.45, 7) is 4.45. The molecule has 3 aromatic rings. The number of allylic oxidation sites excluding steroid dienone is 1. The molecule has 0 radical (unpaired) electrons. The number of hydrogen-bond acceptors (Lipinski definition) is 5. The first-order chi connectivity index (χ1) is 14.0. The molecule has 6 nitrogen and oxygen atoms in total. The first-order valence-electron chi connectivity index (χ1n) is 8.64. The molecule has 0 spiro atoms. The zero-order valence-electron chi connectivity index (χ0n) is 15.3. The number of anilines is 1. The van der Waals surface area contributed by atoms with Gasteiger partial charge in [0.15, 0.2) is 11.0 Å². The van der Waals surface area contributed by atoms with Crippen LogP contribution in [-0.4, -0.2) is 26.4 Å². The van der Waals surface area contributed by atoms with Crippen LogP contribution in [0.2, 0.25) is 5.02 Å². The summed E-state index contributed by atoms with van der Waals surface area (Å²) in [5.41, 5.74) is 0.529. The van der Waals surface area contributed by atoms with E-state index < -0.39 is 0 Å². The molecule has 0 aliphatic carbocycles. The van der Waals surface area contributed by atoms with Crippen LogP contribution in [0.3, 0.4) is 0 Å². The van der Waals surface area contributed by atoms with E-state index in [1.807, 2.05) is 4.57 Å². The van der Waals surface area contributed by atoms with Crippen molar-refractivity contribution < 1.29 is 13.9 Å². The maximum Gasteiger partial charge on any atom is 0.234 e. The Kier molecular flexibility index (Phi) is 7.26. The Balaban J connectivity index is 1.59. The molecular weight excluding hydrogens is 415 g/mol. The van der Waals surface area contributed by atoms with Gasteiger partial charge in [-0.25, -0.2) is 4.39 Å². The molecule has 3 rings (SSSR count). The summed E-state index contributed by atoms with van der Waals surface area (Å²) in [6.07, 6.45) is 1.72. The number of thioether (sulfide) groups is 1. The average Bonchev–Trinajstić information content (AvgIpc) is 3.10. The average molecular weight is 433 g/mol. The van der Waals surface area contributed by atoms with E-state index in [-0.39, 0.29) is 24.1 Å². The van der Waals surface area contributed by atoms with Crippen molar-refractivity contribution in [2.75, 3.05) is 11.1 Å². The monoisotopic (exact) mass is 432 g/mol. The number of carbonyl (C=O) groups is 1. The van der Waals surface area contributed by atoms with Crippen molar-refractivity contribution in [1.29, 1.82) is 0 Å². The van der Waals surface area contributed by atoms with E-state index in [1.165, 1.54) is 36.0 Å². The van der Waals surface area contributed by atoms with Crippen LogP contribution < -0.4 is 10.1 Å². The van der Waals surface area contributed by atoms with Crippen LogP contribution in [0, 0.1) is 5.82 Å². The fraction of sp³-hybridized carbons (Fsp3) is 0.150. The molecule has 1 amide bonds. The predicted molar refractivity (Wildman–Crippen MR) is 112 cm³/mol. The fourth-order valence-electron chi connectivity index (χ4n) is 2.38. The van der Waals surface area contributed by atoms with E-state index in [2.05, 4.69) is 22.1 Å². The molecule has 1 N–H and O–H groups in total. The topological polar surface area (TPSA) is 69.0 Å². The highest BCUT2D eigenvalue weighted by atomic mass is 35.5. The Labute approximate surface area is 176 Å². The van der Waals surface area contributed by atoms with Gasteiger partial charge in [0.1, 0.15) is 18.2 Å². The zero-order chi connectivity index (χ0) is 20.6. The number of halogens is 2. The highest BCUT2D eigenvalue weighted by molar-refractivity contribution is 7.99. The van der Waals surface area contributed by atoms with Gasteiger partial charge in [-0.3, -0.25) is 9.36 Å². The molecule has 0 aliphatic rings. The Morgan fingerprint density at radius 3 is 2.62 bits per heavy atom. The smallest absolute Gasteiger partial charge is 0.234 e. The van der Waals surface area contributed by atoms with Gasteiger partial charge in [0.05, 0.1) is 5.75 Å². The van der Waals surface area contributed by atoms with E-state index in [9.17, 15) is 9.18 Å². The third-order valence-electron chi connectivity index (χ3n) is 3.75. The van der Waals surface area contributed by atoms with Crippen LogP contribution in [0.5, 0.6) is 5.75 Å². The minimum Gasteiger partial charge on any atom is -0.486 e. The highest BCUT2D eigenvalue weighted by Gasteiger charge is 2.14. The van der Waals surface area contributed by atoms with Crippen LogP contribution in [0.4, 0.5) is 10.1 Å². The lowest BCUT2D eigenvalue weighted by atomic mass is 10.3. The number of nitrogens with zero attached hydrogens (tertiary/aromatic N) is 3. The summed E-state index contributed by atoms with van der Waals surface area (Å²) in [4.78, 5) is 12.1. The van der Waals surface area contributed by atoms with Gasteiger partial charge >= 0.3 is 0 Å². The van der Waals surface area contributed by atoms with Gasteiger partial charge < -0.3 is 10.1 Å². The van der Waals surface area contributed by atoms with Gasteiger partial charge in [-0.2, -0.15) is 0 Å². The van der Waals surface area contributed by atoms with Crippen LogP contribution >= 0.6 is 23.4 Å². The second kappa shape index (κ2) is 10.1. The van der Waals surface area contributed by atoms with Crippen LogP contribution in [-0.2, 0) is 17.9 Å². The first kappa shape index (κ1) is 20.9. The largest absolute Gasteiger partial charge is 0.486 e. The van der Waals surface area contributed by atoms with Crippen molar-refractivity contribution in [3.8, 4) is 5.75 Å². The maximum absolute atomic E-state index is 12.9. The van der Waals surface area contributed by atoms with Crippen molar-refractivity contribution in [3.05, 3.63) is 77.9 Å². The van der Waals surface area contributed by atoms with Gasteiger partial charge in [-0.15, -0.1) is 16.8 Å². The van der Waals surface area contributed by atoms with Crippen molar-refractivity contribution in [2.24, 2.45) is 0 Å². The molecule has 29 heavy (non-hydrogen) atoms. The zero-order valence-corrected chi connectivity index (χ0v) is 16.9. The lowest BCUT2D eigenvalue weighted by Gasteiger charge is -2.09. The standard InChI is InChI=1S/C20H18ClFN4O2S/c1-2-11-26-18(12-28-17-9-3-14(21)4-10-17)24-25-20(26)29-13-19(27)23-16-7-5-15(22)6-8-16/h2-10H,1,11-13H2,(H,23,27). The second-order valence-electron chi connectivity index (χ2n) is 5.88. The Hall–Kier alpha value is -2.84. The van der Waals surface area contributed by atoms with E-state index in [4.69, 9.17) is 16.3 Å². The van der Waals surface area contributed by atoms with Crippen molar-refractivity contribution in [2.45, 2.75) is 18.3 Å². The summed E-state index contributed by atoms with van der Waals surface area (Å²) in [5, 5.41) is 12.2.